The Bertz CT molecular complexity index is 1080. The number of nitrogens with zero attached hydrogens (tertiary/aromatic N) is 1. The van der Waals surface area contributed by atoms with Crippen LogP contribution in [0.2, 0.25) is 5.04 Å². The summed E-state index contributed by atoms with van der Waals surface area (Å²) in [5.41, 5.74) is 2.52. The molecule has 0 aromatic heterocycles. The van der Waals surface area contributed by atoms with Gasteiger partial charge in [-0.15, -0.1) is 0 Å². The molecule has 4 nitrogen and oxygen atoms in total. The van der Waals surface area contributed by atoms with E-state index in [0.717, 1.165) is 25.7 Å². The summed E-state index contributed by atoms with van der Waals surface area (Å²) >= 11 is 0. The zero-order valence-electron chi connectivity index (χ0n) is 21.6. The summed E-state index contributed by atoms with van der Waals surface area (Å²) in [6, 6.07) is 21.5. The van der Waals surface area contributed by atoms with E-state index in [0.29, 0.717) is 17.7 Å². The van der Waals surface area contributed by atoms with Crippen LogP contribution in [0.3, 0.4) is 0 Å². The predicted molar refractivity (Wildman–Crippen MR) is 144 cm³/mol. The fraction of sp³-hybridized carbons (Fsp3) is 0.400. The summed E-state index contributed by atoms with van der Waals surface area (Å²) in [6.45, 7) is 10.9. The number of amides is 2. The van der Waals surface area contributed by atoms with Crippen LogP contribution in [0.25, 0.3) is 0 Å². The summed E-state index contributed by atoms with van der Waals surface area (Å²) in [5.74, 6) is -0.276. The van der Waals surface area contributed by atoms with Crippen molar-refractivity contribution in [3.63, 3.8) is 0 Å². The van der Waals surface area contributed by atoms with Crippen molar-refractivity contribution in [2.75, 3.05) is 6.54 Å². The first kappa shape index (κ1) is 25.3. The summed E-state index contributed by atoms with van der Waals surface area (Å²) in [6.07, 6.45) is 6.02. The Labute approximate surface area is 210 Å². The van der Waals surface area contributed by atoms with Crippen LogP contribution in [0.5, 0.6) is 0 Å². The summed E-state index contributed by atoms with van der Waals surface area (Å²) in [7, 11) is -2.58. The van der Waals surface area contributed by atoms with Gasteiger partial charge < -0.3 is 4.43 Å². The first-order chi connectivity index (χ1) is 16.6. The Morgan fingerprint density at radius 3 is 1.89 bits per heavy atom. The van der Waals surface area contributed by atoms with E-state index in [-0.39, 0.29) is 23.0 Å². The third-order valence-electron chi connectivity index (χ3n) is 7.49. The molecule has 0 fully saturated rings. The second kappa shape index (κ2) is 10.1. The molecule has 0 bridgehead atoms. The fourth-order valence-electron chi connectivity index (χ4n) is 5.46. The van der Waals surface area contributed by atoms with Gasteiger partial charge in [0, 0.05) is 17.7 Å². The van der Waals surface area contributed by atoms with Crippen molar-refractivity contribution >= 4 is 30.5 Å². The number of carbonyl (C=O) groups excluding carboxylic acids is 2. The van der Waals surface area contributed by atoms with E-state index in [1.807, 2.05) is 0 Å². The largest absolute Gasteiger partial charge is 0.401 e. The van der Waals surface area contributed by atoms with Gasteiger partial charge in [-0.3, -0.25) is 14.5 Å². The first-order valence-corrected chi connectivity index (χ1v) is 14.6. The van der Waals surface area contributed by atoms with E-state index >= 15 is 0 Å². The van der Waals surface area contributed by atoms with Gasteiger partial charge in [0.05, 0.1) is 6.10 Å². The molecule has 2 amide bonds. The standard InChI is InChI=1S/C30H37NO3Si/c1-22-23(2)29(33)31(28(22)32)20-12-13-24-18-19-25(21-24)34-35(30(3,4)5,26-14-8-6-9-15-26)27-16-10-7-11-17-27/h6-11,14-17,21,25H,12-13,18-20H2,1-5H3. The number of benzene rings is 2. The van der Waals surface area contributed by atoms with E-state index in [1.54, 1.807) is 13.8 Å². The molecule has 1 aliphatic heterocycles. The maximum absolute atomic E-state index is 12.3. The molecule has 4 rings (SSSR count). The fourth-order valence-corrected chi connectivity index (χ4v) is 10.1. The van der Waals surface area contributed by atoms with Gasteiger partial charge in [-0.25, -0.2) is 0 Å². The Balaban J connectivity index is 1.52. The van der Waals surface area contributed by atoms with E-state index in [4.69, 9.17) is 4.43 Å². The van der Waals surface area contributed by atoms with Crippen LogP contribution >= 0.6 is 0 Å². The van der Waals surface area contributed by atoms with Crippen molar-refractivity contribution in [1.29, 1.82) is 0 Å². The number of hydrogen-bond donors (Lipinski definition) is 0. The monoisotopic (exact) mass is 487 g/mol. The minimum Gasteiger partial charge on any atom is -0.401 e. The highest BCUT2D eigenvalue weighted by Gasteiger charge is 2.51. The van der Waals surface area contributed by atoms with Crippen molar-refractivity contribution in [3.8, 4) is 0 Å². The first-order valence-electron chi connectivity index (χ1n) is 12.7. The van der Waals surface area contributed by atoms with Gasteiger partial charge in [0.1, 0.15) is 0 Å². The molecule has 0 N–H and O–H groups in total. The van der Waals surface area contributed by atoms with Crippen molar-refractivity contribution in [1.82, 2.24) is 4.90 Å². The van der Waals surface area contributed by atoms with Crippen LogP contribution in [0.1, 0.15) is 60.3 Å². The maximum Gasteiger partial charge on any atom is 0.261 e. The van der Waals surface area contributed by atoms with E-state index < -0.39 is 8.32 Å². The molecule has 5 heteroatoms. The Morgan fingerprint density at radius 2 is 1.40 bits per heavy atom. The van der Waals surface area contributed by atoms with Crippen LogP contribution in [-0.2, 0) is 14.0 Å². The highest BCUT2D eigenvalue weighted by molar-refractivity contribution is 6.99. The van der Waals surface area contributed by atoms with Crippen LogP contribution in [0.15, 0.2) is 83.5 Å². The van der Waals surface area contributed by atoms with Gasteiger partial charge in [0.25, 0.3) is 20.1 Å². The zero-order valence-corrected chi connectivity index (χ0v) is 22.6. The average Bonchev–Trinajstić information content (AvgIpc) is 3.37. The molecule has 1 atom stereocenters. The normalized spacial score (nSPS) is 19.1. The molecule has 2 aliphatic rings. The van der Waals surface area contributed by atoms with Crippen LogP contribution < -0.4 is 10.4 Å². The summed E-state index contributed by atoms with van der Waals surface area (Å²) in [4.78, 5) is 26.1. The van der Waals surface area contributed by atoms with Crippen LogP contribution in [0.4, 0.5) is 0 Å². The van der Waals surface area contributed by atoms with Gasteiger partial charge in [0.2, 0.25) is 0 Å². The second-order valence-corrected chi connectivity index (χ2v) is 15.1. The number of carbonyl (C=O) groups is 2. The number of rotatable bonds is 8. The Morgan fingerprint density at radius 1 is 0.886 bits per heavy atom. The molecule has 0 saturated carbocycles. The van der Waals surface area contributed by atoms with Crippen molar-refractivity contribution < 1.29 is 14.0 Å². The zero-order chi connectivity index (χ0) is 25.2. The Kier molecular flexibility index (Phi) is 7.29. The molecular formula is C30H37NO3Si. The number of imide groups is 1. The quantitative estimate of drug-likeness (QED) is 0.294. The summed E-state index contributed by atoms with van der Waals surface area (Å²) < 4.78 is 7.25. The molecule has 0 radical (unpaired) electrons. The Hall–Kier alpha value is -2.76. The van der Waals surface area contributed by atoms with Gasteiger partial charge in [-0.1, -0.05) is 93.1 Å². The number of allylic oxidation sites excluding steroid dienone is 1. The van der Waals surface area contributed by atoms with Crippen LogP contribution in [-0.4, -0.2) is 37.7 Å². The van der Waals surface area contributed by atoms with Gasteiger partial charge in [-0.2, -0.15) is 0 Å². The van der Waals surface area contributed by atoms with Crippen molar-refractivity contribution in [2.24, 2.45) is 0 Å². The lowest BCUT2D eigenvalue weighted by atomic mass is 10.1. The molecule has 2 aromatic carbocycles. The molecule has 1 unspecified atom stereocenters. The molecular weight excluding hydrogens is 450 g/mol. The van der Waals surface area contributed by atoms with Gasteiger partial charge >= 0.3 is 0 Å². The lowest BCUT2D eigenvalue weighted by Crippen LogP contribution is -2.67. The topological polar surface area (TPSA) is 46.6 Å². The summed E-state index contributed by atoms with van der Waals surface area (Å²) in [5, 5.41) is 2.54. The lowest BCUT2D eigenvalue weighted by molar-refractivity contribution is -0.137. The molecule has 1 aliphatic carbocycles. The maximum atomic E-state index is 12.3. The molecule has 0 saturated heterocycles. The second-order valence-electron chi connectivity index (χ2n) is 10.8. The minimum absolute atomic E-state index is 0.0501. The van der Waals surface area contributed by atoms with Crippen LogP contribution in [0, 0.1) is 0 Å². The molecule has 35 heavy (non-hydrogen) atoms. The number of hydrogen-bond acceptors (Lipinski definition) is 3. The van der Waals surface area contributed by atoms with Crippen molar-refractivity contribution in [2.45, 2.75) is 71.4 Å². The molecule has 0 spiro atoms. The van der Waals surface area contributed by atoms with Crippen molar-refractivity contribution in [3.05, 3.63) is 83.5 Å². The van der Waals surface area contributed by atoms with Gasteiger partial charge in [0.15, 0.2) is 0 Å². The van der Waals surface area contributed by atoms with E-state index in [9.17, 15) is 9.59 Å². The highest BCUT2D eigenvalue weighted by Crippen LogP contribution is 2.39. The van der Waals surface area contributed by atoms with E-state index in [1.165, 1.54) is 20.8 Å². The third-order valence-corrected chi connectivity index (χ3v) is 12.6. The van der Waals surface area contributed by atoms with Gasteiger partial charge in [-0.05, 0) is 54.9 Å². The highest BCUT2D eigenvalue weighted by atomic mass is 28.4. The predicted octanol–water partition coefficient (Wildman–Crippen LogP) is 5.14. The third kappa shape index (κ3) is 4.84. The SMILES string of the molecule is CC1=C(C)C(=O)N(CCCC2=CC(O[Si](c3ccccc3)(c3ccccc3)C(C)(C)C)CC2)C1=O. The molecule has 1 heterocycles. The smallest absolute Gasteiger partial charge is 0.261 e. The van der Waals surface area contributed by atoms with E-state index in [2.05, 4.69) is 87.5 Å². The molecule has 2 aromatic rings. The lowest BCUT2D eigenvalue weighted by Gasteiger charge is -2.44. The molecule has 184 valence electrons. The minimum atomic E-state index is -2.58. The average molecular weight is 488 g/mol.